The fourth-order valence-electron chi connectivity index (χ4n) is 3.55. The minimum Gasteiger partial charge on any atom is -0.347 e. The second kappa shape index (κ2) is 6.23. The van der Waals surface area contributed by atoms with Crippen molar-refractivity contribution in [3.63, 3.8) is 0 Å². The number of nitrogens with zero attached hydrogens (tertiary/aromatic N) is 4. The van der Waals surface area contributed by atoms with Gasteiger partial charge in [0, 0.05) is 47.7 Å². The van der Waals surface area contributed by atoms with Gasteiger partial charge in [0.15, 0.2) is 0 Å². The fourth-order valence-corrected chi connectivity index (χ4v) is 6.32. The topological polar surface area (TPSA) is 41.4 Å². The Morgan fingerprint density at radius 2 is 2.12 bits per heavy atom. The number of benzene rings is 1. The van der Waals surface area contributed by atoms with E-state index in [2.05, 4.69) is 42.8 Å². The molecule has 0 radical (unpaired) electrons. The summed E-state index contributed by atoms with van der Waals surface area (Å²) in [5, 5.41) is 0.772. The average molecular weight is 572 g/mol. The van der Waals surface area contributed by atoms with E-state index >= 15 is 0 Å². The summed E-state index contributed by atoms with van der Waals surface area (Å²) in [7, 11) is 0. The number of aromatic nitrogens is 2. The number of rotatable bonds is 0. The molecule has 0 spiro atoms. The molecule has 1 fully saturated rings. The third-order valence-corrected chi connectivity index (χ3v) is 7.53. The van der Waals surface area contributed by atoms with E-state index in [1.54, 1.807) is 24.8 Å². The maximum atomic E-state index is 14.8. The van der Waals surface area contributed by atoms with Gasteiger partial charge in [0.25, 0.3) is 0 Å². The van der Waals surface area contributed by atoms with Crippen molar-refractivity contribution in [1.29, 1.82) is 0 Å². The van der Waals surface area contributed by atoms with E-state index in [9.17, 15) is 9.18 Å². The molecule has 5 nitrogen and oxygen atoms in total. The smallest absolute Gasteiger partial charge is 0.347 e. The Hall–Kier alpha value is -0.140. The third-order valence-electron chi connectivity index (χ3n) is 4.59. The highest BCUT2D eigenvalue weighted by molar-refractivity contribution is 14.1. The molecule has 2 aliphatic rings. The Kier molecular flexibility index (Phi) is 4.49. The highest BCUT2D eigenvalue weighted by atomic mass is 127. The van der Waals surface area contributed by atoms with Crippen LogP contribution in [0.5, 0.6) is 0 Å². The van der Waals surface area contributed by atoms with Crippen LogP contribution in [0.15, 0.2) is 15.8 Å². The van der Waals surface area contributed by atoms with Gasteiger partial charge in [-0.25, -0.2) is 15.1 Å². The van der Waals surface area contributed by atoms with Crippen LogP contribution in [-0.4, -0.2) is 41.8 Å². The predicted octanol–water partition coefficient (Wildman–Crippen LogP) is 3.38. The Labute approximate surface area is 171 Å². The van der Waals surface area contributed by atoms with Crippen molar-refractivity contribution in [2.24, 2.45) is 0 Å². The zero-order chi connectivity index (χ0) is 17.2. The standard InChI is InChI=1S/C15H15FI2N4OS/c1-7-3-10-11-13(12(7)16)24-6-9-5-20(17)4-8(2)21(9)14(11)19-15(23)22(10)18/h3,8-9H,4-6H2,1-2H3. The highest BCUT2D eigenvalue weighted by Gasteiger charge is 2.37. The molecule has 3 heterocycles. The van der Waals surface area contributed by atoms with Crippen LogP contribution >= 0.6 is 57.5 Å². The summed E-state index contributed by atoms with van der Waals surface area (Å²) in [4.78, 5) is 19.6. The predicted molar refractivity (Wildman–Crippen MR) is 112 cm³/mol. The van der Waals surface area contributed by atoms with E-state index in [-0.39, 0.29) is 23.6 Å². The SMILES string of the molecule is Cc1cc2c3c(nc(=O)n2I)N2C(C)CN(I)CC2CSc3c1F. The van der Waals surface area contributed by atoms with Crippen molar-refractivity contribution in [2.75, 3.05) is 23.7 Å². The second-order valence-corrected chi connectivity index (χ2v) is 9.64. The maximum Gasteiger partial charge on any atom is 0.359 e. The van der Waals surface area contributed by atoms with Crippen LogP contribution < -0.4 is 10.6 Å². The Balaban J connectivity index is 2.08. The molecule has 1 aromatic carbocycles. The molecule has 1 aromatic heterocycles. The number of piperazine rings is 1. The van der Waals surface area contributed by atoms with Gasteiger partial charge in [-0.2, -0.15) is 4.98 Å². The lowest BCUT2D eigenvalue weighted by atomic mass is 10.1. The molecule has 9 heteroatoms. The molecule has 0 amide bonds. The summed E-state index contributed by atoms with van der Waals surface area (Å²) >= 11 is 5.84. The number of aryl methyl sites for hydroxylation is 1. The van der Waals surface area contributed by atoms with E-state index in [0.717, 1.165) is 29.7 Å². The van der Waals surface area contributed by atoms with Gasteiger partial charge in [-0.05, 0) is 25.5 Å². The van der Waals surface area contributed by atoms with Crippen molar-refractivity contribution in [3.05, 3.63) is 27.9 Å². The maximum absolute atomic E-state index is 14.8. The van der Waals surface area contributed by atoms with Crippen LogP contribution in [0.3, 0.4) is 0 Å². The lowest BCUT2D eigenvalue weighted by molar-refractivity contribution is 0.348. The first-order valence-corrected chi connectivity index (χ1v) is 10.5. The number of anilines is 1. The zero-order valence-corrected chi connectivity index (χ0v) is 18.2. The van der Waals surface area contributed by atoms with Gasteiger partial charge in [0.1, 0.15) is 11.6 Å². The highest BCUT2D eigenvalue weighted by Crippen LogP contribution is 2.43. The van der Waals surface area contributed by atoms with Gasteiger partial charge in [0.05, 0.1) is 44.7 Å². The summed E-state index contributed by atoms with van der Waals surface area (Å²) in [5.74, 6) is 1.23. The summed E-state index contributed by atoms with van der Waals surface area (Å²) < 4.78 is 18.6. The third kappa shape index (κ3) is 2.57. The number of halogens is 3. The van der Waals surface area contributed by atoms with Crippen molar-refractivity contribution in [3.8, 4) is 0 Å². The van der Waals surface area contributed by atoms with E-state index in [4.69, 9.17) is 0 Å². The number of hydrogen-bond acceptors (Lipinski definition) is 5. The summed E-state index contributed by atoms with van der Waals surface area (Å²) in [6.45, 7) is 5.66. The van der Waals surface area contributed by atoms with Gasteiger partial charge in [-0.3, -0.25) is 0 Å². The van der Waals surface area contributed by atoms with Gasteiger partial charge in [0.2, 0.25) is 0 Å². The van der Waals surface area contributed by atoms with Gasteiger partial charge < -0.3 is 4.90 Å². The van der Waals surface area contributed by atoms with Crippen LogP contribution in [0.1, 0.15) is 12.5 Å². The molecule has 0 saturated carbocycles. The van der Waals surface area contributed by atoms with Crippen LogP contribution in [0.25, 0.3) is 10.9 Å². The van der Waals surface area contributed by atoms with Crippen molar-refractivity contribution in [2.45, 2.75) is 30.8 Å². The first-order chi connectivity index (χ1) is 11.4. The molecule has 128 valence electrons. The van der Waals surface area contributed by atoms with E-state index in [0.29, 0.717) is 16.3 Å². The van der Waals surface area contributed by atoms with Gasteiger partial charge >= 0.3 is 5.69 Å². The number of thioether (sulfide) groups is 1. The summed E-state index contributed by atoms with van der Waals surface area (Å²) in [6.07, 6.45) is 0. The quantitative estimate of drug-likeness (QED) is 0.358. The molecule has 2 atom stereocenters. The average Bonchev–Trinajstić information content (AvgIpc) is 2.67. The molecule has 1 saturated heterocycles. The molecule has 2 aliphatic heterocycles. The molecular weight excluding hydrogens is 557 g/mol. The fraction of sp³-hybridized carbons (Fsp3) is 0.467. The summed E-state index contributed by atoms with van der Waals surface area (Å²) in [5.41, 5.74) is 1.01. The van der Waals surface area contributed by atoms with Crippen LogP contribution in [0, 0.1) is 12.7 Å². The lowest BCUT2D eigenvalue weighted by Crippen LogP contribution is -2.56. The first kappa shape index (κ1) is 17.3. The first-order valence-electron chi connectivity index (χ1n) is 7.62. The molecule has 0 aliphatic carbocycles. The van der Waals surface area contributed by atoms with Crippen LogP contribution in [-0.2, 0) is 0 Å². The Morgan fingerprint density at radius 1 is 1.38 bits per heavy atom. The number of fused-ring (bicyclic) bond motifs is 2. The molecular formula is C15H15FI2N4OS. The van der Waals surface area contributed by atoms with Crippen LogP contribution in [0.2, 0.25) is 0 Å². The van der Waals surface area contributed by atoms with Gasteiger partial charge in [-0.15, -0.1) is 11.8 Å². The van der Waals surface area contributed by atoms with Crippen molar-refractivity contribution >= 4 is 74.2 Å². The monoisotopic (exact) mass is 572 g/mol. The second-order valence-electron chi connectivity index (χ2n) is 6.28. The lowest BCUT2D eigenvalue weighted by Gasteiger charge is -2.43. The number of hydrogen-bond donors (Lipinski definition) is 0. The largest absolute Gasteiger partial charge is 0.359 e. The molecule has 2 unspecified atom stereocenters. The Bertz CT molecular complexity index is 905. The van der Waals surface area contributed by atoms with Crippen LogP contribution in [0.4, 0.5) is 10.2 Å². The van der Waals surface area contributed by atoms with Gasteiger partial charge in [-0.1, -0.05) is 0 Å². The minimum atomic E-state index is -0.301. The zero-order valence-electron chi connectivity index (χ0n) is 13.1. The van der Waals surface area contributed by atoms with E-state index in [1.807, 2.05) is 22.9 Å². The minimum absolute atomic E-state index is 0.190. The normalized spacial score (nSPS) is 24.1. The van der Waals surface area contributed by atoms with Crippen molar-refractivity contribution in [1.82, 2.24) is 10.9 Å². The molecule has 4 rings (SSSR count). The van der Waals surface area contributed by atoms with E-state index < -0.39 is 0 Å². The van der Waals surface area contributed by atoms with Crippen molar-refractivity contribution < 1.29 is 4.39 Å². The van der Waals surface area contributed by atoms with E-state index in [1.165, 1.54) is 2.78 Å². The molecule has 0 bridgehead atoms. The molecule has 24 heavy (non-hydrogen) atoms. The Morgan fingerprint density at radius 3 is 2.88 bits per heavy atom. The molecule has 0 N–H and O–H groups in total. The molecule has 2 aromatic rings. The summed E-state index contributed by atoms with van der Waals surface area (Å²) in [6, 6.07) is 2.19.